The maximum absolute atomic E-state index is 16.4. The van der Waals surface area contributed by atoms with Crippen LogP contribution < -0.4 is 10.6 Å². The predicted octanol–water partition coefficient (Wildman–Crippen LogP) is 7.99. The van der Waals surface area contributed by atoms with Crippen LogP contribution in [0.1, 0.15) is 87.2 Å². The van der Waals surface area contributed by atoms with Gasteiger partial charge >= 0.3 is 6.09 Å². The molecule has 2 saturated carbocycles. The van der Waals surface area contributed by atoms with Gasteiger partial charge in [0.1, 0.15) is 17.7 Å². The molecule has 5 aromatic rings. The number of aromatic nitrogens is 4. The molecule has 0 radical (unpaired) electrons. The second kappa shape index (κ2) is 11.9. The van der Waals surface area contributed by atoms with E-state index in [4.69, 9.17) is 14.7 Å². The number of alkyl carbamates (subject to hydrolysis) is 1. The van der Waals surface area contributed by atoms with Gasteiger partial charge in [0, 0.05) is 29.3 Å². The molecule has 2 aliphatic heterocycles. The molecule has 54 heavy (non-hydrogen) atoms. The van der Waals surface area contributed by atoms with Gasteiger partial charge in [-0.3, -0.25) is 4.79 Å². The van der Waals surface area contributed by atoms with Crippen molar-refractivity contribution in [2.45, 2.75) is 82.5 Å². The number of alkyl halides is 2. The molecule has 2 saturated heterocycles. The Kier molecular flexibility index (Phi) is 7.41. The van der Waals surface area contributed by atoms with Gasteiger partial charge in [0.15, 0.2) is 0 Å². The molecule has 4 heterocycles. The standard InChI is InChI=1S/C42H43F2N7O3/c1-21(2)35(50-40(53)54-3)39(52)51-20-41(12-13-41)18-34(51)37-45-19-33(49-37)24-6-10-28-27-9-5-22(15-29(27)42(43,44)30(28)16-24)23-7-11-31-32(17-23)48-38(47-31)36-25-4-8-26(14-25)46-36/h5-7,9-11,15-17,19,21,25-26,34-36,46H,4,8,12-14,18,20H2,1-3H3,(H,45,49)(H,47,48)(H,50,53)/t25?,26?,34-,35-,36?/m0/s1. The van der Waals surface area contributed by atoms with Crippen LogP contribution in [-0.2, 0) is 15.5 Å². The Balaban J connectivity index is 0.914. The van der Waals surface area contributed by atoms with Crippen LogP contribution in [0.15, 0.2) is 60.8 Å². The van der Waals surface area contributed by atoms with Crippen LogP contribution in [0.5, 0.6) is 0 Å². The number of hydrogen-bond acceptors (Lipinski definition) is 6. The summed E-state index contributed by atoms with van der Waals surface area (Å²) in [6.45, 7) is 4.35. The normalized spacial score (nSPS) is 24.7. The lowest BCUT2D eigenvalue weighted by Crippen LogP contribution is -2.51. The molecule has 1 spiro atoms. The summed E-state index contributed by atoms with van der Waals surface area (Å²) < 4.78 is 37.7. The second-order valence-electron chi connectivity index (χ2n) is 16.6. The summed E-state index contributed by atoms with van der Waals surface area (Å²) in [4.78, 5) is 44.3. The molecule has 2 amide bonds. The minimum atomic E-state index is -3.20. The van der Waals surface area contributed by atoms with Crippen LogP contribution in [0.4, 0.5) is 13.6 Å². The number of piperidine rings is 1. The van der Waals surface area contributed by atoms with Gasteiger partial charge in [-0.1, -0.05) is 44.2 Å². The summed E-state index contributed by atoms with van der Waals surface area (Å²) >= 11 is 0. The number of H-pyrrole nitrogens is 2. The lowest BCUT2D eigenvalue weighted by Gasteiger charge is -2.30. The molecule has 3 unspecified atom stereocenters. The fraction of sp³-hybridized carbons (Fsp3) is 0.429. The minimum absolute atomic E-state index is 0.0101. The van der Waals surface area contributed by atoms with Crippen LogP contribution >= 0.6 is 0 Å². The Labute approximate surface area is 311 Å². The molecule has 3 aliphatic carbocycles. The van der Waals surface area contributed by atoms with Crippen molar-refractivity contribution in [3.63, 3.8) is 0 Å². The Morgan fingerprint density at radius 3 is 2.35 bits per heavy atom. The minimum Gasteiger partial charge on any atom is -0.453 e. The highest BCUT2D eigenvalue weighted by Crippen LogP contribution is 2.59. The van der Waals surface area contributed by atoms with Gasteiger partial charge in [-0.2, -0.15) is 8.78 Å². The van der Waals surface area contributed by atoms with Crippen molar-refractivity contribution in [1.82, 2.24) is 35.5 Å². The Morgan fingerprint density at radius 2 is 1.67 bits per heavy atom. The molecular formula is C42H43F2N7O3. The lowest BCUT2D eigenvalue weighted by atomic mass is 9.98. The van der Waals surface area contributed by atoms with E-state index in [0.717, 1.165) is 47.2 Å². The molecule has 5 atom stereocenters. The summed E-state index contributed by atoms with van der Waals surface area (Å²) in [6, 6.07) is 16.2. The highest BCUT2D eigenvalue weighted by molar-refractivity contribution is 5.88. The molecule has 278 valence electrons. The van der Waals surface area contributed by atoms with Crippen molar-refractivity contribution in [3.8, 4) is 33.5 Å². The van der Waals surface area contributed by atoms with Gasteiger partial charge in [0.05, 0.1) is 42.1 Å². The van der Waals surface area contributed by atoms with E-state index in [2.05, 4.69) is 20.6 Å². The van der Waals surface area contributed by atoms with Gasteiger partial charge in [-0.15, -0.1) is 0 Å². The first-order valence-electron chi connectivity index (χ1n) is 19.1. The highest BCUT2D eigenvalue weighted by Gasteiger charge is 2.55. The zero-order chi connectivity index (χ0) is 37.1. The number of halogens is 2. The summed E-state index contributed by atoms with van der Waals surface area (Å²) in [5.74, 6) is -1.37. The van der Waals surface area contributed by atoms with Crippen LogP contribution in [0.25, 0.3) is 44.5 Å². The van der Waals surface area contributed by atoms with Crippen LogP contribution in [0, 0.1) is 17.3 Å². The van der Waals surface area contributed by atoms with Crippen LogP contribution in [0.3, 0.4) is 0 Å². The molecule has 2 aromatic heterocycles. The smallest absolute Gasteiger partial charge is 0.407 e. The van der Waals surface area contributed by atoms with E-state index in [0.29, 0.717) is 46.7 Å². The first-order chi connectivity index (χ1) is 26.0. The quantitative estimate of drug-likeness (QED) is 0.134. The number of methoxy groups -OCH3 is 1. The Bertz CT molecular complexity index is 2340. The number of carbonyl (C=O) groups excluding carboxylic acids is 2. The zero-order valence-electron chi connectivity index (χ0n) is 30.5. The molecule has 3 aromatic carbocycles. The Morgan fingerprint density at radius 1 is 0.944 bits per heavy atom. The molecule has 2 bridgehead atoms. The number of amides is 2. The number of aromatic amines is 2. The van der Waals surface area contributed by atoms with Crippen molar-refractivity contribution >= 4 is 23.0 Å². The third-order valence-electron chi connectivity index (χ3n) is 12.9. The molecule has 10 rings (SSSR count). The van der Waals surface area contributed by atoms with Gasteiger partial charge < -0.3 is 30.2 Å². The first kappa shape index (κ1) is 33.5. The van der Waals surface area contributed by atoms with Crippen molar-refractivity contribution in [3.05, 3.63) is 83.6 Å². The molecular weight excluding hydrogens is 689 g/mol. The van der Waals surface area contributed by atoms with Gasteiger partial charge in [0.2, 0.25) is 5.91 Å². The number of nitrogens with zero attached hydrogens (tertiary/aromatic N) is 3. The van der Waals surface area contributed by atoms with Crippen molar-refractivity contribution in [1.29, 1.82) is 0 Å². The first-order valence-corrected chi connectivity index (χ1v) is 19.1. The Hall–Kier alpha value is -5.10. The number of fused-ring (bicyclic) bond motifs is 6. The molecule has 10 nitrogen and oxygen atoms in total. The maximum atomic E-state index is 16.4. The number of benzene rings is 3. The topological polar surface area (TPSA) is 128 Å². The fourth-order valence-corrected chi connectivity index (χ4v) is 9.69. The van der Waals surface area contributed by atoms with E-state index in [1.165, 1.54) is 26.4 Å². The number of likely N-dealkylation sites (tertiary alicyclic amines) is 1. The van der Waals surface area contributed by atoms with Gasteiger partial charge in [-0.25, -0.2) is 14.8 Å². The van der Waals surface area contributed by atoms with E-state index in [-0.39, 0.29) is 40.5 Å². The number of carbonyl (C=O) groups is 2. The SMILES string of the molecule is COC(=O)N[C@H](C(=O)N1CC2(CC2)C[C@H]1c1ncc(-c2ccc3c(c2)C(F)(F)c2cc(-c4ccc5nc(C6NC7CCC6C7)[nH]c5c4)ccc2-3)[nH]1)C(C)C. The molecule has 4 N–H and O–H groups in total. The van der Waals surface area contributed by atoms with E-state index >= 15 is 8.78 Å². The van der Waals surface area contributed by atoms with E-state index < -0.39 is 18.1 Å². The third kappa shape index (κ3) is 5.27. The summed E-state index contributed by atoms with van der Waals surface area (Å²) in [7, 11) is 1.28. The van der Waals surface area contributed by atoms with E-state index in [1.807, 2.05) is 49.1 Å². The number of nitrogens with one attached hydrogen (secondary N) is 4. The maximum Gasteiger partial charge on any atom is 0.407 e. The van der Waals surface area contributed by atoms with Crippen LogP contribution in [0.2, 0.25) is 0 Å². The highest BCUT2D eigenvalue weighted by atomic mass is 19.3. The monoisotopic (exact) mass is 731 g/mol. The van der Waals surface area contributed by atoms with Gasteiger partial charge in [-0.05, 0) is 102 Å². The average molecular weight is 732 g/mol. The van der Waals surface area contributed by atoms with Crippen molar-refractivity contribution < 1.29 is 23.1 Å². The van der Waals surface area contributed by atoms with E-state index in [1.54, 1.807) is 30.5 Å². The van der Waals surface area contributed by atoms with Crippen molar-refractivity contribution in [2.24, 2.45) is 17.3 Å². The number of ether oxygens (including phenoxy) is 1. The lowest BCUT2D eigenvalue weighted by molar-refractivity contribution is -0.135. The molecule has 12 heteroatoms. The summed E-state index contributed by atoms with van der Waals surface area (Å²) in [5.41, 5.74) is 5.58. The molecule has 4 fully saturated rings. The summed E-state index contributed by atoms with van der Waals surface area (Å²) in [5, 5.41) is 6.41. The van der Waals surface area contributed by atoms with Gasteiger partial charge in [0.25, 0.3) is 5.92 Å². The number of hydrogen-bond donors (Lipinski definition) is 4. The largest absolute Gasteiger partial charge is 0.453 e. The third-order valence-corrected chi connectivity index (χ3v) is 12.9. The number of rotatable bonds is 7. The molecule has 5 aliphatic rings. The number of imidazole rings is 2. The van der Waals surface area contributed by atoms with E-state index in [9.17, 15) is 9.59 Å². The fourth-order valence-electron chi connectivity index (χ4n) is 9.69. The predicted molar refractivity (Wildman–Crippen MR) is 199 cm³/mol. The zero-order valence-corrected chi connectivity index (χ0v) is 30.5. The van der Waals surface area contributed by atoms with Crippen LogP contribution in [-0.4, -0.2) is 62.6 Å². The van der Waals surface area contributed by atoms with Crippen molar-refractivity contribution in [2.75, 3.05) is 13.7 Å². The second-order valence-corrected chi connectivity index (χ2v) is 16.6. The average Bonchev–Trinajstić information content (AvgIpc) is 3.83. The summed E-state index contributed by atoms with van der Waals surface area (Å²) in [6.07, 6.45) is 7.46.